The number of fused-ring (bicyclic) bond motifs is 3. The molecule has 0 unspecified atom stereocenters. The molecule has 55 heavy (non-hydrogen) atoms. The van der Waals surface area contributed by atoms with Crippen LogP contribution >= 0.6 is 0 Å². The first-order chi connectivity index (χ1) is 27.3. The molecule has 0 amide bonds. The Hall–Kier alpha value is -7.29. The molecular weight excluding hydrogens is 665 g/mol. The van der Waals surface area contributed by atoms with E-state index in [-0.39, 0.29) is 0 Å². The minimum absolute atomic E-state index is 1.10. The molecule has 10 aromatic rings. The molecule has 0 saturated carbocycles. The van der Waals surface area contributed by atoms with E-state index < -0.39 is 0 Å². The molecule has 0 aliphatic rings. The number of rotatable bonds is 7. The standard InChI is InChI=1S/C53H36N2/c1-2-15-43(16-3-1)55(45-33-29-39(30-34-45)42-14-11-35-54-36-42)44-31-27-38(28-32-44)37-23-25-41(26-24-37)52-48-18-6-8-20-50(48)53(51-21-9-7-19-49(51)52)47-22-10-13-40-12-4-5-17-46(40)47/h1-36H. The van der Waals surface area contributed by atoms with Crippen molar-refractivity contribution in [2.75, 3.05) is 4.90 Å². The summed E-state index contributed by atoms with van der Waals surface area (Å²) in [5.41, 5.74) is 13.0. The van der Waals surface area contributed by atoms with Crippen LogP contribution in [0.15, 0.2) is 219 Å². The first kappa shape index (κ1) is 32.4. The van der Waals surface area contributed by atoms with Crippen molar-refractivity contribution < 1.29 is 0 Å². The second-order valence-electron chi connectivity index (χ2n) is 14.0. The van der Waals surface area contributed by atoms with E-state index in [0.29, 0.717) is 0 Å². The van der Waals surface area contributed by atoms with Gasteiger partial charge in [0.1, 0.15) is 0 Å². The van der Waals surface area contributed by atoms with E-state index in [0.717, 1.165) is 28.2 Å². The number of nitrogens with zero attached hydrogens (tertiary/aromatic N) is 2. The topological polar surface area (TPSA) is 16.1 Å². The van der Waals surface area contributed by atoms with Crippen molar-refractivity contribution in [1.82, 2.24) is 4.98 Å². The molecule has 2 heteroatoms. The third kappa shape index (κ3) is 5.91. The molecule has 10 rings (SSSR count). The third-order valence-electron chi connectivity index (χ3n) is 10.8. The number of aromatic nitrogens is 1. The first-order valence-corrected chi connectivity index (χ1v) is 18.8. The minimum Gasteiger partial charge on any atom is -0.311 e. The predicted octanol–water partition coefficient (Wildman–Crippen LogP) is 14.7. The van der Waals surface area contributed by atoms with E-state index in [4.69, 9.17) is 0 Å². The molecule has 0 N–H and O–H groups in total. The van der Waals surface area contributed by atoms with Gasteiger partial charge >= 0.3 is 0 Å². The Labute approximate surface area is 321 Å². The molecule has 0 saturated heterocycles. The lowest BCUT2D eigenvalue weighted by Gasteiger charge is -2.26. The largest absolute Gasteiger partial charge is 0.311 e. The van der Waals surface area contributed by atoms with Crippen molar-refractivity contribution in [2.24, 2.45) is 0 Å². The highest BCUT2D eigenvalue weighted by Crippen LogP contribution is 2.45. The van der Waals surface area contributed by atoms with Crippen LogP contribution in [0.2, 0.25) is 0 Å². The smallest absolute Gasteiger partial charge is 0.0462 e. The zero-order chi connectivity index (χ0) is 36.6. The lowest BCUT2D eigenvalue weighted by Crippen LogP contribution is -2.09. The average Bonchev–Trinajstić information content (AvgIpc) is 3.27. The van der Waals surface area contributed by atoms with Gasteiger partial charge in [0.15, 0.2) is 0 Å². The van der Waals surface area contributed by atoms with Crippen molar-refractivity contribution in [2.45, 2.75) is 0 Å². The molecule has 0 radical (unpaired) electrons. The monoisotopic (exact) mass is 700 g/mol. The van der Waals surface area contributed by atoms with Crippen molar-refractivity contribution in [1.29, 1.82) is 0 Å². The Morgan fingerprint density at radius 3 is 1.33 bits per heavy atom. The Morgan fingerprint density at radius 1 is 0.291 bits per heavy atom. The molecule has 0 aliphatic carbocycles. The maximum absolute atomic E-state index is 4.30. The summed E-state index contributed by atoms with van der Waals surface area (Å²) >= 11 is 0. The fraction of sp³-hybridized carbons (Fsp3) is 0. The maximum atomic E-state index is 4.30. The summed E-state index contributed by atoms with van der Waals surface area (Å²) in [6.07, 6.45) is 3.71. The summed E-state index contributed by atoms with van der Waals surface area (Å²) in [6, 6.07) is 74.5. The van der Waals surface area contributed by atoms with Gasteiger partial charge in [0.25, 0.3) is 0 Å². The summed E-state index contributed by atoms with van der Waals surface area (Å²) in [5, 5.41) is 7.58. The van der Waals surface area contributed by atoms with Gasteiger partial charge in [0.2, 0.25) is 0 Å². The van der Waals surface area contributed by atoms with Crippen molar-refractivity contribution >= 4 is 49.4 Å². The van der Waals surface area contributed by atoms with E-state index in [9.17, 15) is 0 Å². The molecule has 0 atom stereocenters. The number of anilines is 3. The average molecular weight is 701 g/mol. The highest BCUT2D eigenvalue weighted by atomic mass is 15.1. The summed E-state index contributed by atoms with van der Waals surface area (Å²) in [5.74, 6) is 0. The molecule has 2 nitrogen and oxygen atoms in total. The Bertz CT molecular complexity index is 2870. The van der Waals surface area contributed by atoms with Crippen LogP contribution in [-0.2, 0) is 0 Å². The number of hydrogen-bond donors (Lipinski definition) is 0. The Balaban J connectivity index is 1.02. The van der Waals surface area contributed by atoms with Crippen LogP contribution < -0.4 is 4.90 Å². The number of pyridine rings is 1. The third-order valence-corrected chi connectivity index (χ3v) is 10.8. The van der Waals surface area contributed by atoms with Gasteiger partial charge in [0.05, 0.1) is 0 Å². The minimum atomic E-state index is 1.10. The van der Waals surface area contributed by atoms with Crippen LogP contribution in [0, 0.1) is 0 Å². The maximum Gasteiger partial charge on any atom is 0.0462 e. The van der Waals surface area contributed by atoms with Gasteiger partial charge in [-0.2, -0.15) is 0 Å². The van der Waals surface area contributed by atoms with Crippen LogP contribution in [0.25, 0.3) is 76.8 Å². The fourth-order valence-corrected chi connectivity index (χ4v) is 8.17. The lowest BCUT2D eigenvalue weighted by atomic mass is 9.84. The molecule has 1 aromatic heterocycles. The molecule has 0 bridgehead atoms. The van der Waals surface area contributed by atoms with Crippen LogP contribution in [0.1, 0.15) is 0 Å². The predicted molar refractivity (Wildman–Crippen MR) is 233 cm³/mol. The van der Waals surface area contributed by atoms with E-state index in [2.05, 4.69) is 210 Å². The van der Waals surface area contributed by atoms with Gasteiger partial charge in [-0.3, -0.25) is 4.98 Å². The molecule has 258 valence electrons. The van der Waals surface area contributed by atoms with E-state index in [1.54, 1.807) is 0 Å². The Morgan fingerprint density at radius 2 is 0.745 bits per heavy atom. The van der Waals surface area contributed by atoms with Crippen LogP contribution in [-0.4, -0.2) is 4.98 Å². The van der Waals surface area contributed by atoms with Crippen molar-refractivity contribution in [3.63, 3.8) is 0 Å². The molecule has 0 aliphatic heterocycles. The van der Waals surface area contributed by atoms with E-state index in [1.165, 1.54) is 65.7 Å². The van der Waals surface area contributed by atoms with Gasteiger partial charge in [-0.1, -0.05) is 164 Å². The highest BCUT2D eigenvalue weighted by Gasteiger charge is 2.18. The quantitative estimate of drug-likeness (QED) is 0.154. The summed E-state index contributed by atoms with van der Waals surface area (Å²) in [4.78, 5) is 6.61. The highest BCUT2D eigenvalue weighted by molar-refractivity contribution is 6.23. The zero-order valence-corrected chi connectivity index (χ0v) is 30.2. The van der Waals surface area contributed by atoms with Gasteiger partial charge < -0.3 is 4.90 Å². The summed E-state index contributed by atoms with van der Waals surface area (Å²) < 4.78 is 0. The van der Waals surface area contributed by atoms with Gasteiger partial charge in [-0.15, -0.1) is 0 Å². The fourth-order valence-electron chi connectivity index (χ4n) is 8.17. The van der Waals surface area contributed by atoms with Crippen LogP contribution in [0.3, 0.4) is 0 Å². The second-order valence-corrected chi connectivity index (χ2v) is 14.0. The molecule has 1 heterocycles. The SMILES string of the molecule is c1ccc(N(c2ccc(-c3ccc(-c4c5ccccc5c(-c5cccc6ccccc56)c5ccccc45)cc3)cc2)c2ccc(-c3cccnc3)cc2)cc1. The van der Waals surface area contributed by atoms with Gasteiger partial charge in [-0.05, 0) is 119 Å². The molecule has 9 aromatic carbocycles. The normalized spacial score (nSPS) is 11.3. The zero-order valence-electron chi connectivity index (χ0n) is 30.2. The number of hydrogen-bond acceptors (Lipinski definition) is 2. The van der Waals surface area contributed by atoms with Gasteiger partial charge in [0, 0.05) is 29.5 Å². The second kappa shape index (κ2) is 13.9. The van der Waals surface area contributed by atoms with Crippen LogP contribution in [0.5, 0.6) is 0 Å². The molecular formula is C53H36N2. The first-order valence-electron chi connectivity index (χ1n) is 18.8. The number of benzene rings is 9. The number of para-hydroxylation sites is 1. The van der Waals surface area contributed by atoms with E-state index in [1.807, 2.05) is 18.5 Å². The summed E-state index contributed by atoms with van der Waals surface area (Å²) in [6.45, 7) is 0. The lowest BCUT2D eigenvalue weighted by molar-refractivity contribution is 1.28. The summed E-state index contributed by atoms with van der Waals surface area (Å²) in [7, 11) is 0. The van der Waals surface area contributed by atoms with Gasteiger partial charge in [-0.25, -0.2) is 0 Å². The Kier molecular flexibility index (Phi) is 8.20. The van der Waals surface area contributed by atoms with Crippen molar-refractivity contribution in [3.8, 4) is 44.5 Å². The molecule has 0 fully saturated rings. The van der Waals surface area contributed by atoms with E-state index >= 15 is 0 Å². The molecule has 0 spiro atoms. The van der Waals surface area contributed by atoms with Crippen LogP contribution in [0.4, 0.5) is 17.1 Å². The van der Waals surface area contributed by atoms with Crippen molar-refractivity contribution in [3.05, 3.63) is 219 Å².